The van der Waals surface area contributed by atoms with Crippen molar-refractivity contribution in [3.63, 3.8) is 0 Å². The molecule has 3 rings (SSSR count). The van der Waals surface area contributed by atoms with Crippen LogP contribution in [0.15, 0.2) is 18.3 Å². The predicted molar refractivity (Wildman–Crippen MR) is 73.1 cm³/mol. The summed E-state index contributed by atoms with van der Waals surface area (Å²) in [5.74, 6) is -0.0344. The van der Waals surface area contributed by atoms with Crippen molar-refractivity contribution in [3.8, 4) is 0 Å². The lowest BCUT2D eigenvalue weighted by atomic mass is 9.92. The molecule has 1 heterocycles. The van der Waals surface area contributed by atoms with Crippen molar-refractivity contribution in [2.45, 2.75) is 56.5 Å². The van der Waals surface area contributed by atoms with Crippen molar-refractivity contribution in [1.29, 1.82) is 0 Å². The highest BCUT2D eigenvalue weighted by atomic mass is 16.3. The molecule has 0 saturated heterocycles. The van der Waals surface area contributed by atoms with Gasteiger partial charge in [-0.15, -0.1) is 0 Å². The van der Waals surface area contributed by atoms with E-state index in [-0.39, 0.29) is 18.1 Å². The van der Waals surface area contributed by atoms with Crippen LogP contribution in [0.5, 0.6) is 0 Å². The number of carbonyl (C=O) groups is 1. The van der Waals surface area contributed by atoms with E-state index in [1.54, 1.807) is 0 Å². The van der Waals surface area contributed by atoms with Crippen molar-refractivity contribution in [2.24, 2.45) is 0 Å². The Labute approximate surface area is 113 Å². The average molecular weight is 262 g/mol. The number of nitrogens with zero attached hydrogens (tertiary/aromatic N) is 1. The molecule has 19 heavy (non-hydrogen) atoms. The molecule has 2 aliphatic rings. The van der Waals surface area contributed by atoms with Crippen LogP contribution in [0.25, 0.3) is 0 Å². The van der Waals surface area contributed by atoms with Crippen LogP contribution in [-0.4, -0.2) is 27.7 Å². The molecule has 2 saturated carbocycles. The first kappa shape index (κ1) is 12.7. The van der Waals surface area contributed by atoms with E-state index in [9.17, 15) is 9.90 Å². The van der Waals surface area contributed by atoms with Gasteiger partial charge in [-0.05, 0) is 44.2 Å². The van der Waals surface area contributed by atoms with Gasteiger partial charge in [-0.3, -0.25) is 4.79 Å². The summed E-state index contributed by atoms with van der Waals surface area (Å²) >= 11 is 0. The van der Waals surface area contributed by atoms with Crippen LogP contribution < -0.4 is 5.32 Å². The van der Waals surface area contributed by atoms with Gasteiger partial charge >= 0.3 is 0 Å². The molecule has 0 aromatic carbocycles. The minimum atomic E-state index is -0.383. The van der Waals surface area contributed by atoms with Crippen molar-refractivity contribution >= 4 is 5.91 Å². The average Bonchev–Trinajstić information content (AvgIpc) is 2.96. The fourth-order valence-corrected chi connectivity index (χ4v) is 3.25. The fourth-order valence-electron chi connectivity index (χ4n) is 3.25. The predicted octanol–water partition coefficient (Wildman–Crippen LogP) is 2.25. The van der Waals surface area contributed by atoms with Crippen LogP contribution in [0.1, 0.15) is 61.5 Å². The van der Waals surface area contributed by atoms with Crippen LogP contribution in [0.2, 0.25) is 0 Å². The summed E-state index contributed by atoms with van der Waals surface area (Å²) in [5, 5.41) is 12.7. The summed E-state index contributed by atoms with van der Waals surface area (Å²) in [4.78, 5) is 12.4. The lowest BCUT2D eigenvalue weighted by molar-refractivity contribution is 0.0823. The zero-order valence-corrected chi connectivity index (χ0v) is 11.3. The molecular weight excluding hydrogens is 240 g/mol. The summed E-state index contributed by atoms with van der Waals surface area (Å²) in [6.45, 7) is 0.0445. The summed E-state index contributed by atoms with van der Waals surface area (Å²) in [5.41, 5.74) is 0.357. The molecule has 4 heteroatoms. The molecular formula is C15H22N2O2. The molecule has 104 valence electrons. The fraction of sp³-hybridized carbons (Fsp3) is 0.667. The standard InChI is InChI=1S/C15H22N2O2/c18-11-15(8-1-2-9-15)16-14(19)13-7-4-10-17(13)12-5-3-6-12/h4,7,10,12,18H,1-3,5-6,8-9,11H2,(H,16,19). The van der Waals surface area contributed by atoms with Gasteiger partial charge in [0, 0.05) is 12.2 Å². The monoisotopic (exact) mass is 262 g/mol. The number of aromatic nitrogens is 1. The van der Waals surface area contributed by atoms with Crippen LogP contribution in [0, 0.1) is 0 Å². The van der Waals surface area contributed by atoms with Crippen molar-refractivity contribution < 1.29 is 9.90 Å². The van der Waals surface area contributed by atoms with Crippen LogP contribution >= 0.6 is 0 Å². The van der Waals surface area contributed by atoms with Gasteiger partial charge in [-0.25, -0.2) is 0 Å². The number of hydrogen-bond acceptors (Lipinski definition) is 2. The third-order valence-electron chi connectivity index (χ3n) is 4.72. The Morgan fingerprint density at radius 1 is 1.37 bits per heavy atom. The van der Waals surface area contributed by atoms with Crippen LogP contribution in [0.3, 0.4) is 0 Å². The molecule has 2 N–H and O–H groups in total. The molecule has 0 radical (unpaired) electrons. The maximum atomic E-state index is 12.4. The molecule has 1 aromatic rings. The Morgan fingerprint density at radius 2 is 2.11 bits per heavy atom. The zero-order valence-electron chi connectivity index (χ0n) is 11.3. The van der Waals surface area contributed by atoms with Gasteiger partial charge < -0.3 is 15.0 Å². The molecule has 1 amide bonds. The first-order valence-electron chi connectivity index (χ1n) is 7.34. The van der Waals surface area contributed by atoms with E-state index >= 15 is 0 Å². The first-order chi connectivity index (χ1) is 9.24. The van der Waals surface area contributed by atoms with Crippen molar-refractivity contribution in [3.05, 3.63) is 24.0 Å². The highest BCUT2D eigenvalue weighted by Gasteiger charge is 2.35. The number of aliphatic hydroxyl groups excluding tert-OH is 1. The molecule has 0 spiro atoms. The number of amides is 1. The lowest BCUT2D eigenvalue weighted by Crippen LogP contribution is -2.49. The van der Waals surface area contributed by atoms with Crippen molar-refractivity contribution in [1.82, 2.24) is 9.88 Å². The van der Waals surface area contributed by atoms with Crippen LogP contribution in [-0.2, 0) is 0 Å². The quantitative estimate of drug-likeness (QED) is 0.874. The minimum Gasteiger partial charge on any atom is -0.394 e. The Hall–Kier alpha value is -1.29. The van der Waals surface area contributed by atoms with Crippen molar-refractivity contribution in [2.75, 3.05) is 6.61 Å². The molecule has 0 bridgehead atoms. The minimum absolute atomic E-state index is 0.0344. The second-order valence-electron chi connectivity index (χ2n) is 5.99. The molecule has 1 aromatic heterocycles. The smallest absolute Gasteiger partial charge is 0.268 e. The van der Waals surface area contributed by atoms with E-state index in [4.69, 9.17) is 0 Å². The van der Waals surface area contributed by atoms with E-state index < -0.39 is 0 Å². The van der Waals surface area contributed by atoms with Gasteiger partial charge in [-0.2, -0.15) is 0 Å². The highest BCUT2D eigenvalue weighted by molar-refractivity contribution is 5.93. The largest absolute Gasteiger partial charge is 0.394 e. The maximum Gasteiger partial charge on any atom is 0.268 e. The first-order valence-corrected chi connectivity index (χ1v) is 7.34. The number of aliphatic hydroxyl groups is 1. The normalized spacial score (nSPS) is 22.2. The lowest BCUT2D eigenvalue weighted by Gasteiger charge is -2.31. The highest BCUT2D eigenvalue weighted by Crippen LogP contribution is 2.33. The summed E-state index contributed by atoms with van der Waals surface area (Å²) in [7, 11) is 0. The summed E-state index contributed by atoms with van der Waals surface area (Å²) in [6.07, 6.45) is 9.54. The third-order valence-corrected chi connectivity index (χ3v) is 4.72. The van der Waals surface area contributed by atoms with Gasteiger partial charge in [0.05, 0.1) is 12.1 Å². The van der Waals surface area contributed by atoms with Gasteiger partial charge in [0.25, 0.3) is 5.91 Å². The number of hydrogen-bond donors (Lipinski definition) is 2. The van der Waals surface area contributed by atoms with E-state index in [0.29, 0.717) is 6.04 Å². The number of carbonyl (C=O) groups excluding carboxylic acids is 1. The second kappa shape index (κ2) is 5.00. The molecule has 0 aliphatic heterocycles. The zero-order chi connectivity index (χ0) is 13.3. The van der Waals surface area contributed by atoms with Gasteiger partial charge in [0.2, 0.25) is 0 Å². The number of rotatable bonds is 4. The Morgan fingerprint density at radius 3 is 2.68 bits per heavy atom. The van der Waals surface area contributed by atoms with Gasteiger partial charge in [0.15, 0.2) is 0 Å². The Bertz CT molecular complexity index is 456. The Kier molecular flexibility index (Phi) is 3.35. The van der Waals surface area contributed by atoms with E-state index in [0.717, 1.165) is 31.4 Å². The maximum absolute atomic E-state index is 12.4. The third kappa shape index (κ3) is 2.29. The van der Waals surface area contributed by atoms with E-state index in [2.05, 4.69) is 9.88 Å². The molecule has 2 aliphatic carbocycles. The summed E-state index contributed by atoms with van der Waals surface area (Å²) in [6, 6.07) is 4.31. The van der Waals surface area contributed by atoms with Crippen LogP contribution in [0.4, 0.5) is 0 Å². The molecule has 0 atom stereocenters. The van der Waals surface area contributed by atoms with E-state index in [1.165, 1.54) is 19.3 Å². The number of nitrogens with one attached hydrogen (secondary N) is 1. The topological polar surface area (TPSA) is 54.3 Å². The molecule has 2 fully saturated rings. The van der Waals surface area contributed by atoms with E-state index in [1.807, 2.05) is 18.3 Å². The van der Waals surface area contributed by atoms with Gasteiger partial charge in [-0.1, -0.05) is 12.8 Å². The Balaban J connectivity index is 1.75. The molecule has 0 unspecified atom stereocenters. The van der Waals surface area contributed by atoms with Gasteiger partial charge in [0.1, 0.15) is 5.69 Å². The molecule has 4 nitrogen and oxygen atoms in total. The second-order valence-corrected chi connectivity index (χ2v) is 5.99. The summed E-state index contributed by atoms with van der Waals surface area (Å²) < 4.78 is 2.10. The SMILES string of the molecule is O=C(NC1(CO)CCCC1)c1cccn1C1CCC1.